The van der Waals surface area contributed by atoms with Gasteiger partial charge in [0.05, 0.1) is 12.4 Å². The third kappa shape index (κ3) is 3.74. The molecule has 0 fully saturated rings. The van der Waals surface area contributed by atoms with Crippen LogP contribution in [0.15, 0.2) is 85.6 Å². The largest absolute Gasteiger partial charge is 0.354 e. The van der Waals surface area contributed by atoms with Crippen molar-refractivity contribution >= 4 is 22.4 Å². The molecule has 4 aromatic heterocycles. The molecule has 0 bridgehead atoms. The Balaban J connectivity index is 1.26. The summed E-state index contributed by atoms with van der Waals surface area (Å²) in [5, 5.41) is 15.6. The van der Waals surface area contributed by atoms with Crippen molar-refractivity contribution in [3.63, 3.8) is 0 Å². The van der Waals surface area contributed by atoms with Crippen LogP contribution in [0.4, 0.5) is 11.5 Å². The van der Waals surface area contributed by atoms with E-state index in [0.29, 0.717) is 5.82 Å². The molecule has 0 aliphatic heterocycles. The second-order valence-corrected chi connectivity index (χ2v) is 7.84. The maximum absolute atomic E-state index is 4.72. The number of hydrogen-bond acceptors (Lipinski definition) is 5. The summed E-state index contributed by atoms with van der Waals surface area (Å²) >= 11 is 0. The number of benzene rings is 2. The smallest absolute Gasteiger partial charge is 0.161 e. The van der Waals surface area contributed by atoms with Crippen LogP contribution in [0.25, 0.3) is 44.7 Å². The van der Waals surface area contributed by atoms with E-state index in [1.165, 1.54) is 0 Å². The first-order valence-corrected chi connectivity index (χ1v) is 10.5. The van der Waals surface area contributed by atoms with E-state index in [1.54, 1.807) is 17.1 Å². The number of fused-ring (bicyclic) bond motifs is 1. The highest BCUT2D eigenvalue weighted by molar-refractivity contribution is 5.88. The lowest BCUT2D eigenvalue weighted by molar-refractivity contribution is 0.768. The lowest BCUT2D eigenvalue weighted by Gasteiger charge is -2.08. The van der Waals surface area contributed by atoms with Gasteiger partial charge in [-0.25, -0.2) is 9.97 Å². The molecule has 4 heterocycles. The molecular weight excluding hydrogens is 412 g/mol. The maximum atomic E-state index is 4.72. The standard InChI is InChI=1S/C25H20N8/c1-33-15-20(14-29-33)23-10-17-2-3-18(11-22(17)31-23)25-26-9-8-24(32-25)30-21-6-4-16(5-7-21)19-12-27-28-13-19/h2-15,31H,1H3,(H,27,28)(H,26,30,32). The third-order valence-electron chi connectivity index (χ3n) is 5.54. The molecular formula is C25H20N8. The summed E-state index contributed by atoms with van der Waals surface area (Å²) in [6, 6.07) is 18.3. The highest BCUT2D eigenvalue weighted by atomic mass is 15.2. The summed E-state index contributed by atoms with van der Waals surface area (Å²) in [6.45, 7) is 0. The SMILES string of the molecule is Cn1cc(-c2cc3ccc(-c4nccc(Nc5ccc(-c6cn[nH]c6)cc5)n4)cc3[nH]2)cn1. The van der Waals surface area contributed by atoms with Crippen molar-refractivity contribution in [3.8, 4) is 33.8 Å². The van der Waals surface area contributed by atoms with Crippen molar-refractivity contribution < 1.29 is 0 Å². The van der Waals surface area contributed by atoms with Crippen LogP contribution in [0.2, 0.25) is 0 Å². The molecule has 0 saturated carbocycles. The number of aryl methyl sites for hydroxylation is 1. The molecule has 6 aromatic rings. The molecule has 6 rings (SSSR count). The molecule has 2 aromatic carbocycles. The Morgan fingerprint density at radius 1 is 0.879 bits per heavy atom. The fraction of sp³-hybridized carbons (Fsp3) is 0.0400. The van der Waals surface area contributed by atoms with Crippen LogP contribution in [-0.2, 0) is 7.05 Å². The first-order chi connectivity index (χ1) is 16.2. The summed E-state index contributed by atoms with van der Waals surface area (Å²) in [6.07, 6.45) is 9.29. The van der Waals surface area contributed by atoms with Gasteiger partial charge in [0.25, 0.3) is 0 Å². The zero-order chi connectivity index (χ0) is 22.2. The van der Waals surface area contributed by atoms with Gasteiger partial charge in [-0.1, -0.05) is 24.3 Å². The van der Waals surface area contributed by atoms with Gasteiger partial charge in [0.1, 0.15) is 5.82 Å². The Kier molecular flexibility index (Phi) is 4.47. The minimum absolute atomic E-state index is 0.662. The summed E-state index contributed by atoms with van der Waals surface area (Å²) in [7, 11) is 1.91. The van der Waals surface area contributed by atoms with Gasteiger partial charge in [-0.2, -0.15) is 10.2 Å². The van der Waals surface area contributed by atoms with E-state index >= 15 is 0 Å². The van der Waals surface area contributed by atoms with Crippen LogP contribution in [0.3, 0.4) is 0 Å². The summed E-state index contributed by atoms with van der Waals surface area (Å²) in [4.78, 5) is 12.7. The van der Waals surface area contributed by atoms with Crippen LogP contribution < -0.4 is 5.32 Å². The molecule has 3 N–H and O–H groups in total. The van der Waals surface area contributed by atoms with Crippen LogP contribution in [0, 0.1) is 0 Å². The zero-order valence-corrected chi connectivity index (χ0v) is 17.8. The average Bonchev–Trinajstić information content (AvgIpc) is 3.60. The predicted molar refractivity (Wildman–Crippen MR) is 129 cm³/mol. The first kappa shape index (κ1) is 19.0. The first-order valence-electron chi connectivity index (χ1n) is 10.5. The highest BCUT2D eigenvalue weighted by Crippen LogP contribution is 2.28. The molecule has 160 valence electrons. The van der Waals surface area contributed by atoms with Gasteiger partial charge in [-0.05, 0) is 35.9 Å². The number of hydrogen-bond donors (Lipinski definition) is 3. The van der Waals surface area contributed by atoms with Gasteiger partial charge in [0.2, 0.25) is 0 Å². The molecule has 0 unspecified atom stereocenters. The molecule has 8 nitrogen and oxygen atoms in total. The molecule has 8 heteroatoms. The van der Waals surface area contributed by atoms with Gasteiger partial charge in [0, 0.05) is 64.6 Å². The number of aromatic nitrogens is 7. The fourth-order valence-electron chi connectivity index (χ4n) is 3.85. The molecule has 0 aliphatic carbocycles. The number of aromatic amines is 2. The third-order valence-corrected chi connectivity index (χ3v) is 5.54. The van der Waals surface area contributed by atoms with Gasteiger partial charge in [-0.15, -0.1) is 0 Å². The van der Waals surface area contributed by atoms with Crippen molar-refractivity contribution in [2.75, 3.05) is 5.32 Å². The summed E-state index contributed by atoms with van der Waals surface area (Å²) in [5.41, 5.74) is 7.17. The Bertz CT molecular complexity index is 1540. The van der Waals surface area contributed by atoms with Crippen molar-refractivity contribution in [2.24, 2.45) is 7.05 Å². The Hall–Kier alpha value is -4.72. The monoisotopic (exact) mass is 432 g/mol. The predicted octanol–water partition coefficient (Wildman–Crippen LogP) is 5.16. The van der Waals surface area contributed by atoms with Gasteiger partial charge >= 0.3 is 0 Å². The number of nitrogens with zero attached hydrogens (tertiary/aromatic N) is 5. The summed E-state index contributed by atoms with van der Waals surface area (Å²) in [5.74, 6) is 1.40. The molecule has 0 aliphatic rings. The lowest BCUT2D eigenvalue weighted by Crippen LogP contribution is -1.96. The van der Waals surface area contributed by atoms with E-state index in [-0.39, 0.29) is 0 Å². The minimum Gasteiger partial charge on any atom is -0.354 e. The van der Waals surface area contributed by atoms with Crippen LogP contribution in [0.1, 0.15) is 0 Å². The Labute approximate surface area is 189 Å². The Morgan fingerprint density at radius 2 is 1.76 bits per heavy atom. The maximum Gasteiger partial charge on any atom is 0.161 e. The van der Waals surface area contributed by atoms with Gasteiger partial charge in [0.15, 0.2) is 5.82 Å². The minimum atomic E-state index is 0.662. The van der Waals surface area contributed by atoms with E-state index in [2.05, 4.69) is 48.8 Å². The highest BCUT2D eigenvalue weighted by Gasteiger charge is 2.09. The van der Waals surface area contributed by atoms with Crippen molar-refractivity contribution in [2.45, 2.75) is 0 Å². The number of anilines is 2. The van der Waals surface area contributed by atoms with E-state index in [9.17, 15) is 0 Å². The Morgan fingerprint density at radius 3 is 2.55 bits per heavy atom. The zero-order valence-electron chi connectivity index (χ0n) is 17.8. The molecule has 0 radical (unpaired) electrons. The van der Waals surface area contributed by atoms with Crippen molar-refractivity contribution in [1.82, 2.24) is 34.9 Å². The lowest BCUT2D eigenvalue weighted by atomic mass is 10.1. The van der Waals surface area contributed by atoms with Crippen molar-refractivity contribution in [1.29, 1.82) is 0 Å². The molecule has 0 atom stereocenters. The quantitative estimate of drug-likeness (QED) is 0.349. The summed E-state index contributed by atoms with van der Waals surface area (Å²) < 4.78 is 1.80. The number of nitrogens with one attached hydrogen (secondary N) is 3. The van der Waals surface area contributed by atoms with Crippen LogP contribution in [0.5, 0.6) is 0 Å². The second-order valence-electron chi connectivity index (χ2n) is 7.84. The van der Waals surface area contributed by atoms with Crippen LogP contribution >= 0.6 is 0 Å². The van der Waals surface area contributed by atoms with Crippen molar-refractivity contribution in [3.05, 3.63) is 85.6 Å². The normalized spacial score (nSPS) is 11.2. The molecule has 33 heavy (non-hydrogen) atoms. The van der Waals surface area contributed by atoms with Crippen LogP contribution in [-0.4, -0.2) is 34.9 Å². The molecule has 0 saturated heterocycles. The second kappa shape index (κ2) is 7.76. The number of rotatable bonds is 5. The molecule has 0 amide bonds. The van der Waals surface area contributed by atoms with E-state index in [0.717, 1.165) is 50.4 Å². The van der Waals surface area contributed by atoms with E-state index in [4.69, 9.17) is 4.98 Å². The van der Waals surface area contributed by atoms with Gasteiger partial charge < -0.3 is 10.3 Å². The number of H-pyrrole nitrogens is 2. The van der Waals surface area contributed by atoms with E-state index in [1.807, 2.05) is 62.0 Å². The van der Waals surface area contributed by atoms with E-state index < -0.39 is 0 Å². The van der Waals surface area contributed by atoms with Gasteiger partial charge in [-0.3, -0.25) is 9.78 Å². The average molecular weight is 432 g/mol. The molecule has 0 spiro atoms. The topological polar surface area (TPSA) is 100 Å². The fourth-order valence-corrected chi connectivity index (χ4v) is 3.85.